The Morgan fingerprint density at radius 1 is 1.28 bits per heavy atom. The summed E-state index contributed by atoms with van der Waals surface area (Å²) in [6.45, 7) is 0.310. The van der Waals surface area contributed by atoms with Crippen LogP contribution >= 0.6 is 0 Å². The average molecular weight is 353 g/mol. The summed E-state index contributed by atoms with van der Waals surface area (Å²) < 4.78 is 47.5. The first-order chi connectivity index (χ1) is 11.9. The molecule has 2 aromatic heterocycles. The minimum absolute atomic E-state index is 0.0746. The molecule has 0 atom stereocenters. The van der Waals surface area contributed by atoms with Crippen molar-refractivity contribution in [1.29, 1.82) is 0 Å². The van der Waals surface area contributed by atoms with E-state index in [1.165, 1.54) is 18.0 Å². The van der Waals surface area contributed by atoms with E-state index in [1.54, 1.807) is 24.3 Å². The molecule has 130 valence electrons. The third-order valence-electron chi connectivity index (χ3n) is 3.16. The Kier molecular flexibility index (Phi) is 4.21. The van der Waals surface area contributed by atoms with Crippen LogP contribution in [0.4, 0.5) is 13.2 Å². The van der Waals surface area contributed by atoms with Crippen LogP contribution in [-0.2, 0) is 17.5 Å². The van der Waals surface area contributed by atoms with Gasteiger partial charge in [-0.3, -0.25) is 0 Å². The lowest BCUT2D eigenvalue weighted by atomic mass is 10.1. The molecule has 0 saturated carbocycles. The van der Waals surface area contributed by atoms with Crippen molar-refractivity contribution >= 4 is 5.97 Å². The van der Waals surface area contributed by atoms with Crippen molar-refractivity contribution in [2.24, 2.45) is 0 Å². The highest BCUT2D eigenvalue weighted by atomic mass is 19.4. The molecular formula is C14H10F3N5O3. The van der Waals surface area contributed by atoms with Crippen molar-refractivity contribution in [2.75, 3.05) is 7.11 Å². The molecule has 0 N–H and O–H groups in total. The third kappa shape index (κ3) is 3.65. The van der Waals surface area contributed by atoms with E-state index in [4.69, 9.17) is 0 Å². The average Bonchev–Trinajstić information content (AvgIpc) is 3.24. The molecule has 0 radical (unpaired) electrons. The topological polar surface area (TPSA) is 95.9 Å². The van der Waals surface area contributed by atoms with Gasteiger partial charge in [-0.15, -0.1) is 5.10 Å². The van der Waals surface area contributed by atoms with Gasteiger partial charge in [-0.2, -0.15) is 18.2 Å². The van der Waals surface area contributed by atoms with Gasteiger partial charge in [-0.1, -0.05) is 34.6 Å². The molecule has 0 saturated heterocycles. The van der Waals surface area contributed by atoms with Gasteiger partial charge in [-0.25, -0.2) is 9.48 Å². The van der Waals surface area contributed by atoms with Crippen LogP contribution in [0.2, 0.25) is 0 Å². The second-order valence-electron chi connectivity index (χ2n) is 4.91. The van der Waals surface area contributed by atoms with E-state index in [-0.39, 0.29) is 11.5 Å². The predicted octanol–water partition coefficient (Wildman–Crippen LogP) is 2.18. The number of hydrogen-bond donors (Lipinski definition) is 0. The van der Waals surface area contributed by atoms with E-state index in [0.29, 0.717) is 12.1 Å². The zero-order valence-corrected chi connectivity index (χ0v) is 12.7. The Bertz CT molecular complexity index is 886. The number of benzene rings is 1. The summed E-state index contributed by atoms with van der Waals surface area (Å²) >= 11 is 0. The fraction of sp³-hybridized carbons (Fsp3) is 0.214. The van der Waals surface area contributed by atoms with Gasteiger partial charge in [0, 0.05) is 5.56 Å². The number of alkyl halides is 3. The highest BCUT2D eigenvalue weighted by molar-refractivity contribution is 5.86. The lowest BCUT2D eigenvalue weighted by molar-refractivity contribution is -0.159. The number of methoxy groups -OCH3 is 1. The Labute approximate surface area is 138 Å². The molecule has 3 aromatic rings. The standard InChI is InChI=1S/C14H10F3N5O3/c1-24-12(23)10-7-22(21-19-10)6-8-2-4-9(5-3-8)11-18-13(25-20-11)14(15,16)17/h2-5,7H,6H2,1H3. The van der Waals surface area contributed by atoms with Crippen LogP contribution in [0.25, 0.3) is 11.4 Å². The second kappa shape index (κ2) is 6.34. The number of esters is 1. The number of rotatable bonds is 4. The molecule has 8 nitrogen and oxygen atoms in total. The van der Waals surface area contributed by atoms with Crippen molar-refractivity contribution in [2.45, 2.75) is 12.7 Å². The summed E-state index contributed by atoms with van der Waals surface area (Å²) in [6, 6.07) is 6.44. The van der Waals surface area contributed by atoms with Gasteiger partial charge >= 0.3 is 18.0 Å². The molecule has 25 heavy (non-hydrogen) atoms. The molecule has 0 bridgehead atoms. The van der Waals surface area contributed by atoms with E-state index in [0.717, 1.165) is 5.56 Å². The highest BCUT2D eigenvalue weighted by Crippen LogP contribution is 2.29. The number of carbonyl (C=O) groups excluding carboxylic acids is 1. The molecule has 0 amide bonds. The quantitative estimate of drug-likeness (QED) is 0.663. The lowest BCUT2D eigenvalue weighted by Crippen LogP contribution is -2.04. The van der Waals surface area contributed by atoms with Crippen molar-refractivity contribution in [1.82, 2.24) is 25.1 Å². The summed E-state index contributed by atoms with van der Waals surface area (Å²) in [4.78, 5) is 14.6. The molecule has 0 spiro atoms. The maximum absolute atomic E-state index is 12.5. The fourth-order valence-electron chi connectivity index (χ4n) is 1.98. The molecule has 3 rings (SSSR count). The number of hydrogen-bond acceptors (Lipinski definition) is 7. The molecule has 2 heterocycles. The van der Waals surface area contributed by atoms with Gasteiger partial charge < -0.3 is 9.26 Å². The van der Waals surface area contributed by atoms with E-state index in [9.17, 15) is 18.0 Å². The van der Waals surface area contributed by atoms with E-state index in [2.05, 4.69) is 29.7 Å². The van der Waals surface area contributed by atoms with Crippen molar-refractivity contribution in [3.63, 3.8) is 0 Å². The highest BCUT2D eigenvalue weighted by Gasteiger charge is 2.38. The van der Waals surface area contributed by atoms with Gasteiger partial charge in [0.25, 0.3) is 0 Å². The van der Waals surface area contributed by atoms with Gasteiger partial charge in [0.1, 0.15) is 0 Å². The first-order valence-electron chi connectivity index (χ1n) is 6.85. The van der Waals surface area contributed by atoms with Gasteiger partial charge in [0.15, 0.2) is 5.69 Å². The smallest absolute Gasteiger partial charge is 0.464 e. The molecule has 0 aliphatic rings. The zero-order valence-electron chi connectivity index (χ0n) is 12.7. The first kappa shape index (κ1) is 16.6. The number of carbonyl (C=O) groups is 1. The van der Waals surface area contributed by atoms with Gasteiger partial charge in [0.05, 0.1) is 19.9 Å². The zero-order chi connectivity index (χ0) is 18.0. The SMILES string of the molecule is COC(=O)c1cn(Cc2ccc(-c3noc(C(F)(F)F)n3)cc2)nn1. The number of halogens is 3. The number of nitrogens with zero attached hydrogens (tertiary/aromatic N) is 5. The van der Waals surface area contributed by atoms with E-state index in [1.807, 2.05) is 0 Å². The predicted molar refractivity (Wildman–Crippen MR) is 75.2 cm³/mol. The Hall–Kier alpha value is -3.24. The van der Waals surface area contributed by atoms with Crippen molar-refractivity contribution in [3.05, 3.63) is 47.6 Å². The summed E-state index contributed by atoms with van der Waals surface area (Å²) in [5, 5.41) is 10.8. The molecule has 11 heteroatoms. The van der Waals surface area contributed by atoms with Crippen LogP contribution in [0.1, 0.15) is 21.9 Å². The van der Waals surface area contributed by atoms with E-state index < -0.39 is 18.0 Å². The van der Waals surface area contributed by atoms with Crippen LogP contribution in [0, 0.1) is 0 Å². The summed E-state index contributed by atoms with van der Waals surface area (Å²) in [7, 11) is 1.24. The van der Waals surface area contributed by atoms with Crippen molar-refractivity contribution < 1.29 is 27.2 Å². The molecule has 0 unspecified atom stereocenters. The van der Waals surface area contributed by atoms with Crippen LogP contribution in [0.3, 0.4) is 0 Å². The fourth-order valence-corrected chi connectivity index (χ4v) is 1.98. The van der Waals surface area contributed by atoms with Crippen LogP contribution in [-0.4, -0.2) is 38.2 Å². The Morgan fingerprint density at radius 2 is 2.00 bits per heavy atom. The second-order valence-corrected chi connectivity index (χ2v) is 4.91. The molecule has 0 aliphatic heterocycles. The van der Waals surface area contributed by atoms with Gasteiger partial charge in [-0.05, 0) is 5.56 Å². The summed E-state index contributed by atoms with van der Waals surface area (Å²) in [6.07, 6.45) is -3.26. The monoisotopic (exact) mass is 353 g/mol. The maximum Gasteiger partial charge on any atom is 0.471 e. The van der Waals surface area contributed by atoms with Crippen LogP contribution < -0.4 is 0 Å². The molecule has 0 fully saturated rings. The number of aromatic nitrogens is 5. The molecule has 0 aliphatic carbocycles. The number of ether oxygens (including phenoxy) is 1. The molecule has 1 aromatic carbocycles. The maximum atomic E-state index is 12.5. The van der Waals surface area contributed by atoms with Crippen molar-refractivity contribution in [3.8, 4) is 11.4 Å². The Morgan fingerprint density at radius 3 is 2.60 bits per heavy atom. The normalized spacial score (nSPS) is 11.5. The van der Waals surface area contributed by atoms with Crippen LogP contribution in [0.5, 0.6) is 0 Å². The minimum atomic E-state index is -4.68. The van der Waals surface area contributed by atoms with E-state index >= 15 is 0 Å². The third-order valence-corrected chi connectivity index (χ3v) is 3.16. The summed E-state index contributed by atoms with van der Waals surface area (Å²) in [5.41, 5.74) is 1.23. The minimum Gasteiger partial charge on any atom is -0.464 e. The molecular weight excluding hydrogens is 343 g/mol. The largest absolute Gasteiger partial charge is 0.471 e. The van der Waals surface area contributed by atoms with Gasteiger partial charge in [0.2, 0.25) is 5.82 Å². The lowest BCUT2D eigenvalue weighted by Gasteiger charge is -2.02. The summed E-state index contributed by atoms with van der Waals surface area (Å²) in [5.74, 6) is -2.16. The Balaban J connectivity index is 1.73. The first-order valence-corrected chi connectivity index (χ1v) is 6.85. The van der Waals surface area contributed by atoms with Crippen LogP contribution in [0.15, 0.2) is 35.0 Å².